The van der Waals surface area contributed by atoms with Crippen LogP contribution in [0.5, 0.6) is 0 Å². The minimum atomic E-state index is -0.625. The van der Waals surface area contributed by atoms with Crippen LogP contribution in [0.2, 0.25) is 0 Å². The molecule has 0 saturated heterocycles. The van der Waals surface area contributed by atoms with Crippen molar-refractivity contribution in [3.8, 4) is 6.07 Å². The zero-order valence-electron chi connectivity index (χ0n) is 9.90. The van der Waals surface area contributed by atoms with E-state index < -0.39 is 4.92 Å². The van der Waals surface area contributed by atoms with Gasteiger partial charge < -0.3 is 5.32 Å². The van der Waals surface area contributed by atoms with Crippen molar-refractivity contribution in [3.63, 3.8) is 0 Å². The van der Waals surface area contributed by atoms with E-state index in [9.17, 15) is 10.1 Å². The molecule has 0 radical (unpaired) electrons. The molecule has 96 valence electrons. The number of hydrogen-bond acceptors (Lipinski definition) is 7. The highest BCUT2D eigenvalue weighted by atomic mass is 32.1. The quantitative estimate of drug-likeness (QED) is 0.678. The van der Waals surface area contributed by atoms with Gasteiger partial charge in [0.05, 0.1) is 11.0 Å². The van der Waals surface area contributed by atoms with Gasteiger partial charge in [0.15, 0.2) is 0 Å². The Morgan fingerprint density at radius 1 is 1.58 bits per heavy atom. The number of aromatic nitrogens is 2. The summed E-state index contributed by atoms with van der Waals surface area (Å²) >= 11 is 1.49. The van der Waals surface area contributed by atoms with E-state index in [0.29, 0.717) is 5.82 Å². The molecule has 1 N–H and O–H groups in total. The highest BCUT2D eigenvalue weighted by Gasteiger charge is 2.16. The maximum Gasteiger partial charge on any atom is 0.305 e. The molecule has 2 rings (SSSR count). The summed E-state index contributed by atoms with van der Waals surface area (Å²) in [6.45, 7) is 1.90. The zero-order valence-corrected chi connectivity index (χ0v) is 10.7. The van der Waals surface area contributed by atoms with Gasteiger partial charge in [-0.15, -0.1) is 11.3 Å². The minimum absolute atomic E-state index is 0.0829. The summed E-state index contributed by atoms with van der Waals surface area (Å²) in [5.41, 5.74) is -0.503. The van der Waals surface area contributed by atoms with E-state index in [0.717, 1.165) is 5.01 Å². The molecule has 0 aliphatic heterocycles. The average Bonchev–Trinajstić information content (AvgIpc) is 2.92. The van der Waals surface area contributed by atoms with Gasteiger partial charge in [-0.3, -0.25) is 10.1 Å². The summed E-state index contributed by atoms with van der Waals surface area (Å²) < 4.78 is 0. The normalized spacial score (nSPS) is 11.6. The Morgan fingerprint density at radius 3 is 2.95 bits per heavy atom. The molecule has 0 spiro atoms. The number of thiazole rings is 1. The monoisotopic (exact) mass is 275 g/mol. The number of pyridine rings is 1. The van der Waals surface area contributed by atoms with Crippen LogP contribution in [0.4, 0.5) is 11.5 Å². The fourth-order valence-electron chi connectivity index (χ4n) is 1.49. The molecule has 7 nitrogen and oxygen atoms in total. The van der Waals surface area contributed by atoms with E-state index in [-0.39, 0.29) is 17.4 Å². The zero-order chi connectivity index (χ0) is 13.8. The van der Waals surface area contributed by atoms with E-state index in [1.807, 2.05) is 12.3 Å². The number of nitrogens with zero attached hydrogens (tertiary/aromatic N) is 4. The molecule has 8 heteroatoms. The van der Waals surface area contributed by atoms with Crippen LogP contribution in [0.1, 0.15) is 23.7 Å². The molecule has 0 bridgehead atoms. The largest absolute Gasteiger partial charge is 0.361 e. The summed E-state index contributed by atoms with van der Waals surface area (Å²) in [7, 11) is 0. The Labute approximate surface area is 112 Å². The smallest absolute Gasteiger partial charge is 0.305 e. The van der Waals surface area contributed by atoms with Crippen molar-refractivity contribution < 1.29 is 4.92 Å². The molecule has 19 heavy (non-hydrogen) atoms. The SMILES string of the molecule is CC(Nc1ccc([N+](=O)[O-])c(C#N)n1)c1nccs1. The molecule has 1 unspecified atom stereocenters. The lowest BCUT2D eigenvalue weighted by Gasteiger charge is -2.11. The Bertz CT molecular complexity index is 635. The number of nitrogens with one attached hydrogen (secondary N) is 1. The van der Waals surface area contributed by atoms with Gasteiger partial charge in [-0.05, 0) is 13.0 Å². The molecule has 0 aromatic carbocycles. The van der Waals surface area contributed by atoms with Gasteiger partial charge in [0, 0.05) is 17.6 Å². The molecular formula is C11H9N5O2S. The first-order chi connectivity index (χ1) is 9.11. The van der Waals surface area contributed by atoms with Crippen LogP contribution in [0.15, 0.2) is 23.7 Å². The topological polar surface area (TPSA) is 105 Å². The number of nitro groups is 1. The molecule has 0 amide bonds. The van der Waals surface area contributed by atoms with Gasteiger partial charge in [0.25, 0.3) is 0 Å². The molecule has 0 aliphatic carbocycles. The maximum atomic E-state index is 10.7. The van der Waals surface area contributed by atoms with Crippen LogP contribution in [0, 0.1) is 21.4 Å². The maximum absolute atomic E-state index is 10.7. The molecule has 0 aliphatic rings. The predicted octanol–water partition coefficient (Wildman–Crippen LogP) is 2.49. The molecule has 1 atom stereocenters. The van der Waals surface area contributed by atoms with Gasteiger partial charge >= 0.3 is 5.69 Å². The lowest BCUT2D eigenvalue weighted by Crippen LogP contribution is -2.08. The van der Waals surface area contributed by atoms with Crippen molar-refractivity contribution in [2.45, 2.75) is 13.0 Å². The van der Waals surface area contributed by atoms with E-state index in [2.05, 4.69) is 15.3 Å². The Kier molecular flexibility index (Phi) is 3.68. The van der Waals surface area contributed by atoms with Crippen LogP contribution in [-0.2, 0) is 0 Å². The minimum Gasteiger partial charge on any atom is -0.361 e. The first-order valence-electron chi connectivity index (χ1n) is 5.33. The van der Waals surface area contributed by atoms with Crippen LogP contribution >= 0.6 is 11.3 Å². The van der Waals surface area contributed by atoms with Crippen LogP contribution in [0.25, 0.3) is 0 Å². The van der Waals surface area contributed by atoms with Gasteiger partial charge in [-0.25, -0.2) is 9.97 Å². The van der Waals surface area contributed by atoms with Crippen LogP contribution in [0.3, 0.4) is 0 Å². The standard InChI is InChI=1S/C11H9N5O2S/c1-7(11-13-4-5-19-11)14-10-3-2-9(16(17)18)8(6-12)15-10/h2-5,7H,1H3,(H,14,15). The van der Waals surface area contributed by atoms with Gasteiger partial charge in [0.2, 0.25) is 5.69 Å². The number of anilines is 1. The highest BCUT2D eigenvalue weighted by Crippen LogP contribution is 2.22. The first kappa shape index (κ1) is 12.9. The molecule has 2 aromatic heterocycles. The lowest BCUT2D eigenvalue weighted by molar-refractivity contribution is -0.385. The van der Waals surface area contributed by atoms with E-state index >= 15 is 0 Å². The van der Waals surface area contributed by atoms with Gasteiger partial charge in [-0.1, -0.05) is 0 Å². The summed E-state index contributed by atoms with van der Waals surface area (Å²) in [5, 5.41) is 25.3. The first-order valence-corrected chi connectivity index (χ1v) is 6.21. The Hall–Kier alpha value is -2.53. The highest BCUT2D eigenvalue weighted by molar-refractivity contribution is 7.09. The Morgan fingerprint density at radius 2 is 2.37 bits per heavy atom. The molecular weight excluding hydrogens is 266 g/mol. The van der Waals surface area contributed by atoms with Crippen molar-refractivity contribution in [3.05, 3.63) is 44.5 Å². The van der Waals surface area contributed by atoms with Gasteiger partial charge in [-0.2, -0.15) is 5.26 Å². The Balaban J connectivity index is 2.23. The number of rotatable bonds is 4. The lowest BCUT2D eigenvalue weighted by atomic mass is 10.3. The van der Waals surface area contributed by atoms with Crippen LogP contribution < -0.4 is 5.32 Å². The van der Waals surface area contributed by atoms with Crippen molar-refractivity contribution in [2.24, 2.45) is 0 Å². The molecule has 2 heterocycles. The van der Waals surface area contributed by atoms with Crippen molar-refractivity contribution in [2.75, 3.05) is 5.32 Å². The van der Waals surface area contributed by atoms with Crippen molar-refractivity contribution in [1.82, 2.24) is 9.97 Å². The molecule has 2 aromatic rings. The van der Waals surface area contributed by atoms with Crippen LogP contribution in [-0.4, -0.2) is 14.9 Å². The fourth-order valence-corrected chi connectivity index (χ4v) is 2.14. The third-order valence-corrected chi connectivity index (χ3v) is 3.32. The average molecular weight is 275 g/mol. The van der Waals surface area contributed by atoms with Gasteiger partial charge in [0.1, 0.15) is 16.9 Å². The summed E-state index contributed by atoms with van der Waals surface area (Å²) in [4.78, 5) is 18.1. The molecule has 0 saturated carbocycles. The second-order valence-corrected chi connectivity index (χ2v) is 4.60. The van der Waals surface area contributed by atoms with E-state index in [1.165, 1.54) is 23.5 Å². The van der Waals surface area contributed by atoms with Crippen molar-refractivity contribution >= 4 is 22.8 Å². The summed E-state index contributed by atoms with van der Waals surface area (Å²) in [5.74, 6) is 0.407. The van der Waals surface area contributed by atoms with E-state index in [4.69, 9.17) is 5.26 Å². The molecule has 0 fully saturated rings. The summed E-state index contributed by atoms with van der Waals surface area (Å²) in [6.07, 6.45) is 1.70. The van der Waals surface area contributed by atoms with E-state index in [1.54, 1.807) is 12.3 Å². The second-order valence-electron chi connectivity index (χ2n) is 3.67. The predicted molar refractivity (Wildman–Crippen MR) is 69.8 cm³/mol. The summed E-state index contributed by atoms with van der Waals surface area (Å²) in [6, 6.07) is 4.38. The number of nitriles is 1. The fraction of sp³-hybridized carbons (Fsp3) is 0.182. The second kappa shape index (κ2) is 5.41. The number of hydrogen-bond donors (Lipinski definition) is 1. The third-order valence-electron chi connectivity index (χ3n) is 2.36. The third kappa shape index (κ3) is 2.83. The van der Waals surface area contributed by atoms with Crippen molar-refractivity contribution in [1.29, 1.82) is 5.26 Å².